The number of hydrogen-bond acceptors (Lipinski definition) is 5. The highest BCUT2D eigenvalue weighted by Gasteiger charge is 2.22. The smallest absolute Gasteiger partial charge is 0.353 e. The summed E-state index contributed by atoms with van der Waals surface area (Å²) < 4.78 is 28.3. The van der Waals surface area contributed by atoms with Crippen LogP contribution in [0.5, 0.6) is 0 Å². The van der Waals surface area contributed by atoms with Crippen molar-refractivity contribution in [1.29, 1.82) is 0 Å². The highest BCUT2D eigenvalue weighted by molar-refractivity contribution is 7.92. The maximum Gasteiger partial charge on any atom is 0.353 e. The van der Waals surface area contributed by atoms with E-state index in [1.165, 1.54) is 17.5 Å². The monoisotopic (exact) mass is 455 g/mol. The Hall–Kier alpha value is -3.17. The summed E-state index contributed by atoms with van der Waals surface area (Å²) in [5.41, 5.74) is 2.79. The summed E-state index contributed by atoms with van der Waals surface area (Å²) in [6, 6.07) is 10.2. The molecule has 4 rings (SSSR count). The molecule has 0 radical (unpaired) electrons. The summed E-state index contributed by atoms with van der Waals surface area (Å²) in [7, 11) is -3.83. The second-order valence-electron chi connectivity index (χ2n) is 8.19. The molecule has 31 heavy (non-hydrogen) atoms. The minimum absolute atomic E-state index is 0.0127. The van der Waals surface area contributed by atoms with E-state index in [1.54, 1.807) is 30.3 Å². The van der Waals surface area contributed by atoms with Crippen molar-refractivity contribution in [3.05, 3.63) is 64.6 Å². The average molecular weight is 456 g/mol. The molecular formula is C22H21N3O4S2. The Labute approximate surface area is 183 Å². The van der Waals surface area contributed by atoms with Gasteiger partial charge in [0.2, 0.25) is 0 Å². The molecular weight excluding hydrogens is 434 g/mol. The van der Waals surface area contributed by atoms with Crippen LogP contribution in [0.2, 0.25) is 0 Å². The van der Waals surface area contributed by atoms with E-state index in [-0.39, 0.29) is 21.7 Å². The number of anilines is 1. The first-order valence-corrected chi connectivity index (χ1v) is 11.9. The normalized spacial score (nSPS) is 12.2. The number of nitrogens with zero attached hydrogens (tertiary/aromatic N) is 1. The van der Waals surface area contributed by atoms with Crippen molar-refractivity contribution in [1.82, 2.24) is 9.97 Å². The molecule has 0 aliphatic carbocycles. The quantitative estimate of drug-likeness (QED) is 0.388. The Morgan fingerprint density at radius 3 is 2.45 bits per heavy atom. The number of hydrogen-bond donors (Lipinski definition) is 3. The minimum atomic E-state index is -3.83. The van der Waals surface area contributed by atoms with Gasteiger partial charge in [0, 0.05) is 10.9 Å². The molecule has 3 N–H and O–H groups in total. The first kappa shape index (κ1) is 21.1. The number of nitrogens with one attached hydrogen (secondary N) is 2. The van der Waals surface area contributed by atoms with Crippen LogP contribution in [0.3, 0.4) is 0 Å². The predicted molar refractivity (Wildman–Crippen MR) is 122 cm³/mol. The van der Waals surface area contributed by atoms with E-state index in [0.717, 1.165) is 11.1 Å². The van der Waals surface area contributed by atoms with Crippen LogP contribution in [0.25, 0.3) is 22.2 Å². The van der Waals surface area contributed by atoms with Gasteiger partial charge in [-0.1, -0.05) is 32.9 Å². The summed E-state index contributed by atoms with van der Waals surface area (Å²) in [6.45, 7) is 6.18. The standard InChI is InChI=1S/C22H21N3O4S2/c1-22(2,3)14-4-6-16(7-5-14)31(28,29)25-15-10-17-18(13-8-9-30-12-13)19(21(26)27)24-20(17)23-11-15/h4-12,25H,1-3H3,(H,23,24)(H,26,27). The van der Waals surface area contributed by atoms with Crippen LogP contribution in [0, 0.1) is 0 Å². The summed E-state index contributed by atoms with van der Waals surface area (Å²) >= 11 is 1.44. The summed E-state index contributed by atoms with van der Waals surface area (Å²) in [6.07, 6.45) is 1.36. The van der Waals surface area contributed by atoms with E-state index < -0.39 is 16.0 Å². The average Bonchev–Trinajstić information content (AvgIpc) is 3.34. The molecule has 0 unspecified atom stereocenters. The van der Waals surface area contributed by atoms with Crippen molar-refractivity contribution < 1.29 is 18.3 Å². The molecule has 0 fully saturated rings. The van der Waals surface area contributed by atoms with Crippen molar-refractivity contribution in [2.24, 2.45) is 0 Å². The molecule has 0 bridgehead atoms. The number of sulfonamides is 1. The van der Waals surface area contributed by atoms with Gasteiger partial charge in [0.1, 0.15) is 11.3 Å². The summed E-state index contributed by atoms with van der Waals surface area (Å²) in [4.78, 5) is 18.9. The fraction of sp³-hybridized carbons (Fsp3) is 0.182. The van der Waals surface area contributed by atoms with Crippen LogP contribution in [0.1, 0.15) is 36.8 Å². The van der Waals surface area contributed by atoms with E-state index in [4.69, 9.17) is 0 Å². The third-order valence-electron chi connectivity index (χ3n) is 4.96. The summed E-state index contributed by atoms with van der Waals surface area (Å²) in [5, 5.41) is 13.8. The van der Waals surface area contributed by atoms with Crippen LogP contribution in [0.15, 0.2) is 58.3 Å². The van der Waals surface area contributed by atoms with Crippen LogP contribution in [-0.2, 0) is 15.4 Å². The number of thiophene rings is 1. The van der Waals surface area contributed by atoms with Crippen molar-refractivity contribution in [2.75, 3.05) is 4.72 Å². The maximum atomic E-state index is 12.9. The lowest BCUT2D eigenvalue weighted by Crippen LogP contribution is -2.15. The molecule has 3 aromatic heterocycles. The number of pyridine rings is 1. The lowest BCUT2D eigenvalue weighted by molar-refractivity contribution is 0.0692. The van der Waals surface area contributed by atoms with Crippen LogP contribution >= 0.6 is 11.3 Å². The molecule has 0 aliphatic heterocycles. The van der Waals surface area contributed by atoms with Gasteiger partial charge in [-0.05, 0) is 51.6 Å². The van der Waals surface area contributed by atoms with Crippen LogP contribution in [-0.4, -0.2) is 29.5 Å². The molecule has 9 heteroatoms. The first-order valence-electron chi connectivity index (χ1n) is 9.47. The van der Waals surface area contributed by atoms with E-state index in [9.17, 15) is 18.3 Å². The Balaban J connectivity index is 1.73. The number of carboxylic acid groups (broad SMARTS) is 1. The molecule has 160 valence electrons. The third kappa shape index (κ3) is 4.06. The fourth-order valence-corrected chi connectivity index (χ4v) is 5.02. The molecule has 0 atom stereocenters. The zero-order valence-electron chi connectivity index (χ0n) is 17.1. The SMILES string of the molecule is CC(C)(C)c1ccc(S(=O)(=O)Nc2cnc3[nH]c(C(=O)O)c(-c4ccsc4)c3c2)cc1. The number of aromatic carboxylic acids is 1. The topological polar surface area (TPSA) is 112 Å². The molecule has 1 aromatic carbocycles. The van der Waals surface area contributed by atoms with Gasteiger partial charge >= 0.3 is 5.97 Å². The molecule has 4 aromatic rings. The van der Waals surface area contributed by atoms with Gasteiger partial charge in [0.05, 0.1) is 16.8 Å². The van der Waals surface area contributed by atoms with Crippen molar-refractivity contribution in [2.45, 2.75) is 31.1 Å². The van der Waals surface area contributed by atoms with E-state index >= 15 is 0 Å². The number of carboxylic acids is 1. The number of benzene rings is 1. The highest BCUT2D eigenvalue weighted by atomic mass is 32.2. The Morgan fingerprint density at radius 2 is 1.87 bits per heavy atom. The fourth-order valence-electron chi connectivity index (χ4n) is 3.34. The van der Waals surface area contributed by atoms with Gasteiger partial charge < -0.3 is 10.1 Å². The van der Waals surface area contributed by atoms with E-state index in [1.807, 2.05) is 16.8 Å². The number of carbonyl (C=O) groups is 1. The van der Waals surface area contributed by atoms with Gasteiger partial charge in [-0.15, -0.1) is 0 Å². The Morgan fingerprint density at radius 1 is 1.16 bits per heavy atom. The van der Waals surface area contributed by atoms with Gasteiger partial charge in [-0.3, -0.25) is 4.72 Å². The lowest BCUT2D eigenvalue weighted by Gasteiger charge is -2.19. The number of fused-ring (bicyclic) bond motifs is 1. The highest BCUT2D eigenvalue weighted by Crippen LogP contribution is 2.34. The molecule has 0 aliphatic rings. The third-order valence-corrected chi connectivity index (χ3v) is 7.04. The molecule has 3 heterocycles. The van der Waals surface area contributed by atoms with Gasteiger partial charge in [-0.2, -0.15) is 11.3 Å². The van der Waals surface area contributed by atoms with Crippen molar-refractivity contribution in [3.63, 3.8) is 0 Å². The van der Waals surface area contributed by atoms with E-state index in [0.29, 0.717) is 16.6 Å². The Bertz CT molecular complexity index is 1360. The second kappa shape index (κ2) is 7.51. The van der Waals surface area contributed by atoms with Gasteiger partial charge in [-0.25, -0.2) is 18.2 Å². The molecule has 0 spiro atoms. The van der Waals surface area contributed by atoms with Gasteiger partial charge in [0.25, 0.3) is 10.0 Å². The van der Waals surface area contributed by atoms with Crippen molar-refractivity contribution >= 4 is 44.1 Å². The van der Waals surface area contributed by atoms with Crippen LogP contribution in [0.4, 0.5) is 5.69 Å². The number of aromatic amines is 1. The lowest BCUT2D eigenvalue weighted by atomic mass is 9.87. The molecule has 7 nitrogen and oxygen atoms in total. The molecule has 0 saturated carbocycles. The predicted octanol–water partition coefficient (Wildman–Crippen LogP) is 5.09. The minimum Gasteiger partial charge on any atom is -0.477 e. The zero-order valence-corrected chi connectivity index (χ0v) is 18.8. The number of rotatable bonds is 5. The maximum absolute atomic E-state index is 12.9. The first-order chi connectivity index (χ1) is 14.6. The summed E-state index contributed by atoms with van der Waals surface area (Å²) in [5.74, 6) is -1.11. The number of aromatic nitrogens is 2. The Kier molecular flexibility index (Phi) is 5.10. The van der Waals surface area contributed by atoms with Crippen LogP contribution < -0.4 is 4.72 Å². The van der Waals surface area contributed by atoms with Crippen molar-refractivity contribution in [3.8, 4) is 11.1 Å². The molecule has 0 saturated heterocycles. The molecule has 0 amide bonds. The largest absolute Gasteiger partial charge is 0.477 e. The zero-order chi connectivity index (χ0) is 22.4. The second-order valence-corrected chi connectivity index (χ2v) is 10.7. The number of H-pyrrole nitrogens is 1. The van der Waals surface area contributed by atoms with E-state index in [2.05, 4.69) is 35.5 Å². The van der Waals surface area contributed by atoms with Gasteiger partial charge in [0.15, 0.2) is 0 Å².